The Morgan fingerprint density at radius 2 is 1.84 bits per heavy atom. The van der Waals surface area contributed by atoms with Gasteiger partial charge < -0.3 is 26.5 Å². The zero-order valence-corrected chi connectivity index (χ0v) is 25.1. The number of nitrogens with two attached hydrogens (primary N) is 2. The summed E-state index contributed by atoms with van der Waals surface area (Å²) in [6.07, 6.45) is 3.95. The highest BCUT2D eigenvalue weighted by Crippen LogP contribution is 2.24. The van der Waals surface area contributed by atoms with E-state index in [2.05, 4.69) is 20.0 Å². The van der Waals surface area contributed by atoms with Gasteiger partial charge in [-0.2, -0.15) is 4.72 Å². The third-order valence-corrected chi connectivity index (χ3v) is 8.56. The Morgan fingerprint density at radius 1 is 1.09 bits per heavy atom. The van der Waals surface area contributed by atoms with Crippen LogP contribution in [0.3, 0.4) is 0 Å². The van der Waals surface area contributed by atoms with E-state index in [0.29, 0.717) is 43.9 Å². The summed E-state index contributed by atoms with van der Waals surface area (Å²) >= 11 is 0. The zero-order valence-electron chi connectivity index (χ0n) is 23.5. The summed E-state index contributed by atoms with van der Waals surface area (Å²) in [5.74, 6) is -1.05. The summed E-state index contributed by atoms with van der Waals surface area (Å²) in [6.45, 7) is 0.583. The van der Waals surface area contributed by atoms with Gasteiger partial charge in [-0.1, -0.05) is 48.5 Å². The normalized spacial score (nSPS) is 16.1. The van der Waals surface area contributed by atoms with Crippen molar-refractivity contribution in [3.8, 4) is 0 Å². The Kier molecular flexibility index (Phi) is 12.0. The molecule has 1 aromatic heterocycles. The second-order valence-corrected chi connectivity index (χ2v) is 11.8. The van der Waals surface area contributed by atoms with E-state index in [1.807, 2.05) is 6.07 Å². The molecule has 12 nitrogen and oxygen atoms in total. The van der Waals surface area contributed by atoms with E-state index >= 15 is 0 Å². The summed E-state index contributed by atoms with van der Waals surface area (Å²) in [5, 5.41) is 3.35. The molecule has 1 saturated heterocycles. The van der Waals surface area contributed by atoms with E-state index in [9.17, 15) is 22.8 Å². The van der Waals surface area contributed by atoms with Crippen LogP contribution in [0.4, 0.5) is 0 Å². The van der Waals surface area contributed by atoms with Gasteiger partial charge in [-0.05, 0) is 49.8 Å². The number of likely N-dealkylation sites (tertiary alicyclic amines) is 1. The number of carbonyl (C=O) groups is 3. The average Bonchev–Trinajstić information content (AvgIpc) is 3.48. The van der Waals surface area contributed by atoms with Crippen molar-refractivity contribution in [2.75, 3.05) is 13.1 Å². The molecular weight excluding hydrogens is 594 g/mol. The third-order valence-electron chi connectivity index (χ3n) is 7.06. The maximum atomic E-state index is 14.0. The molecule has 6 N–H and O–H groups in total. The largest absolute Gasteiger partial charge is 0.370 e. The quantitative estimate of drug-likeness (QED) is 0.0940. The highest BCUT2D eigenvalue weighted by molar-refractivity contribution is 7.89. The molecule has 4 rings (SSSR count). The third kappa shape index (κ3) is 8.72. The predicted molar refractivity (Wildman–Crippen MR) is 166 cm³/mol. The van der Waals surface area contributed by atoms with Gasteiger partial charge in [-0.25, -0.2) is 8.42 Å². The minimum atomic E-state index is -4.20. The molecule has 1 aliphatic rings. The molecule has 14 heteroatoms. The van der Waals surface area contributed by atoms with Gasteiger partial charge in [-0.15, -0.1) is 12.4 Å². The first-order valence-electron chi connectivity index (χ1n) is 13.7. The molecule has 0 bridgehead atoms. The first-order valence-corrected chi connectivity index (χ1v) is 15.2. The minimum Gasteiger partial charge on any atom is -0.370 e. The van der Waals surface area contributed by atoms with Gasteiger partial charge in [-0.3, -0.25) is 19.6 Å². The first kappa shape index (κ1) is 33.4. The van der Waals surface area contributed by atoms with Crippen molar-refractivity contribution in [2.24, 2.45) is 16.5 Å². The fraction of sp³-hybridized carbons (Fsp3) is 0.345. The Morgan fingerprint density at radius 3 is 2.56 bits per heavy atom. The topological polar surface area (TPSA) is 190 Å². The van der Waals surface area contributed by atoms with Crippen molar-refractivity contribution >= 4 is 57.4 Å². The highest BCUT2D eigenvalue weighted by Gasteiger charge is 2.39. The van der Waals surface area contributed by atoms with Gasteiger partial charge >= 0.3 is 0 Å². The monoisotopic (exact) mass is 629 g/mol. The zero-order chi connectivity index (χ0) is 30.1. The number of nitrogens with one attached hydrogen (secondary N) is 2. The lowest BCUT2D eigenvalue weighted by Crippen LogP contribution is -2.55. The van der Waals surface area contributed by atoms with E-state index in [1.54, 1.807) is 48.5 Å². The Balaban J connectivity index is 0.00000506. The van der Waals surface area contributed by atoms with Gasteiger partial charge in [0.25, 0.3) is 0 Å². The molecule has 43 heavy (non-hydrogen) atoms. The van der Waals surface area contributed by atoms with E-state index in [0.717, 1.165) is 5.56 Å². The van der Waals surface area contributed by atoms with Crippen LogP contribution in [0.5, 0.6) is 0 Å². The van der Waals surface area contributed by atoms with Crippen molar-refractivity contribution in [1.82, 2.24) is 19.9 Å². The van der Waals surface area contributed by atoms with E-state index in [4.69, 9.17) is 11.5 Å². The fourth-order valence-electron chi connectivity index (χ4n) is 5.05. The smallest absolute Gasteiger partial charge is 0.243 e. The number of para-hydroxylation sites is 1. The molecule has 3 aromatic rings. The van der Waals surface area contributed by atoms with E-state index in [-0.39, 0.29) is 41.7 Å². The molecule has 0 radical (unpaired) electrons. The molecule has 1 fully saturated rings. The van der Waals surface area contributed by atoms with Gasteiger partial charge in [0.1, 0.15) is 23.3 Å². The second-order valence-electron chi connectivity index (χ2n) is 10.1. The van der Waals surface area contributed by atoms with Gasteiger partial charge in [0.15, 0.2) is 5.96 Å². The predicted octanol–water partition coefficient (Wildman–Crippen LogP) is 1.27. The van der Waals surface area contributed by atoms with Crippen LogP contribution in [0, 0.1) is 0 Å². The van der Waals surface area contributed by atoms with Crippen molar-refractivity contribution < 1.29 is 22.8 Å². The lowest BCUT2D eigenvalue weighted by atomic mass is 10.0. The molecule has 0 unspecified atom stereocenters. The summed E-state index contributed by atoms with van der Waals surface area (Å²) in [4.78, 5) is 48.3. The minimum absolute atomic E-state index is 0. The number of pyridine rings is 1. The summed E-state index contributed by atoms with van der Waals surface area (Å²) in [7, 11) is -4.20. The molecule has 1 aliphatic heterocycles. The van der Waals surface area contributed by atoms with Crippen LogP contribution < -0.4 is 21.5 Å². The summed E-state index contributed by atoms with van der Waals surface area (Å²) < 4.78 is 29.9. The average molecular weight is 630 g/mol. The van der Waals surface area contributed by atoms with Crippen molar-refractivity contribution in [3.05, 3.63) is 72.4 Å². The maximum Gasteiger partial charge on any atom is 0.243 e. The Hall–Kier alpha value is -4.07. The number of fused-ring (bicyclic) bond motifs is 1. The Bertz CT molecular complexity index is 1550. The summed E-state index contributed by atoms with van der Waals surface area (Å²) in [5.41, 5.74) is 11.7. The molecule has 2 aromatic carbocycles. The molecule has 0 aliphatic carbocycles. The molecular formula is C29H36ClN7O5S. The Labute approximate surface area is 256 Å². The SMILES string of the molecule is Cl.NC(N)=NCCC[C@@H](C=O)NC(=O)[C@@H]1CCCN1C(=O)[C@@H](Cc1ccccc1)NS(=O)(=O)c1cccc2cccnc12. The number of amides is 2. The number of halogens is 1. The number of hydrogen-bond donors (Lipinski definition) is 4. The van der Waals surface area contributed by atoms with Crippen LogP contribution in [0.1, 0.15) is 31.2 Å². The van der Waals surface area contributed by atoms with Crippen molar-refractivity contribution in [1.29, 1.82) is 0 Å². The number of carbonyl (C=O) groups excluding carboxylic acids is 3. The van der Waals surface area contributed by atoms with Crippen LogP contribution in [-0.4, -0.2) is 73.6 Å². The van der Waals surface area contributed by atoms with Gasteiger partial charge in [0.05, 0.1) is 11.6 Å². The molecule has 230 valence electrons. The number of sulfonamides is 1. The second kappa shape index (κ2) is 15.4. The number of hydrogen-bond acceptors (Lipinski definition) is 7. The number of aromatic nitrogens is 1. The lowest BCUT2D eigenvalue weighted by Gasteiger charge is -2.29. The number of rotatable bonds is 13. The van der Waals surface area contributed by atoms with Crippen LogP contribution in [0.2, 0.25) is 0 Å². The van der Waals surface area contributed by atoms with Crippen molar-refractivity contribution in [2.45, 2.75) is 55.1 Å². The number of aldehydes is 1. The molecule has 2 heterocycles. The van der Waals surface area contributed by atoms with Crippen LogP contribution >= 0.6 is 12.4 Å². The van der Waals surface area contributed by atoms with Crippen LogP contribution in [0.25, 0.3) is 10.9 Å². The molecule has 0 spiro atoms. The maximum absolute atomic E-state index is 14.0. The lowest BCUT2D eigenvalue weighted by molar-refractivity contribution is -0.140. The van der Waals surface area contributed by atoms with Crippen LogP contribution in [0.15, 0.2) is 76.7 Å². The number of aliphatic imine (C=N–C) groups is 1. The van der Waals surface area contributed by atoms with Gasteiger partial charge in [0.2, 0.25) is 21.8 Å². The molecule has 0 saturated carbocycles. The number of guanidine groups is 1. The number of benzene rings is 2. The van der Waals surface area contributed by atoms with Crippen LogP contribution in [-0.2, 0) is 30.8 Å². The van der Waals surface area contributed by atoms with E-state index in [1.165, 1.54) is 17.2 Å². The molecule has 3 atom stereocenters. The molecule has 2 amide bonds. The van der Waals surface area contributed by atoms with E-state index < -0.39 is 40.0 Å². The van der Waals surface area contributed by atoms with Gasteiger partial charge in [0, 0.05) is 24.7 Å². The van der Waals surface area contributed by atoms with Crippen molar-refractivity contribution in [3.63, 3.8) is 0 Å². The highest BCUT2D eigenvalue weighted by atomic mass is 35.5. The first-order chi connectivity index (χ1) is 20.2. The standard InChI is InChI=1S/C29H35N7O5S.ClH/c30-29(31)33-16-6-12-22(19-37)34-27(38)24-13-7-17-36(24)28(39)23(18-20-8-2-1-3-9-20)35-42(40,41)25-14-4-10-21-11-5-15-32-26(21)25;/h1-5,8-11,14-15,19,22-24,35H,6-7,12-13,16-18H2,(H,34,38)(H4,30,31,33);1H/t22-,23+,24-;/m0./s1. The summed E-state index contributed by atoms with van der Waals surface area (Å²) in [6, 6.07) is 14.5. The number of nitrogens with zero attached hydrogens (tertiary/aromatic N) is 3. The fourth-order valence-corrected chi connectivity index (χ4v) is 6.42.